The zero-order chi connectivity index (χ0) is 21.9. The van der Waals surface area contributed by atoms with Gasteiger partial charge in [0.1, 0.15) is 5.01 Å². The fourth-order valence-electron chi connectivity index (χ4n) is 2.33. The van der Waals surface area contributed by atoms with Gasteiger partial charge in [0.05, 0.1) is 20.4 Å². The molecule has 0 aliphatic carbocycles. The molecule has 0 saturated heterocycles. The van der Waals surface area contributed by atoms with Crippen LogP contribution < -0.4 is 10.0 Å². The SMILES string of the molecule is CCc1nnc(NS(=O)(=O)c2ccc(NC(=O)c3cc([N+](=O)[O-])ccc3Cl)cc2)s1. The van der Waals surface area contributed by atoms with Crippen LogP contribution in [0.5, 0.6) is 0 Å². The largest absolute Gasteiger partial charge is 0.322 e. The lowest BCUT2D eigenvalue weighted by Gasteiger charge is -2.08. The van der Waals surface area contributed by atoms with E-state index >= 15 is 0 Å². The number of hydrogen-bond donors (Lipinski definition) is 2. The number of nitrogens with zero attached hydrogens (tertiary/aromatic N) is 3. The monoisotopic (exact) mass is 467 g/mol. The molecule has 1 heterocycles. The quantitative estimate of drug-likeness (QED) is 0.398. The first-order valence-corrected chi connectivity index (χ1v) is 11.1. The predicted molar refractivity (Wildman–Crippen MR) is 113 cm³/mol. The fraction of sp³-hybridized carbons (Fsp3) is 0.118. The van der Waals surface area contributed by atoms with Crippen LogP contribution in [-0.2, 0) is 16.4 Å². The van der Waals surface area contributed by atoms with E-state index in [9.17, 15) is 23.3 Å². The van der Waals surface area contributed by atoms with Crippen LogP contribution in [0.1, 0.15) is 22.3 Å². The number of aryl methyl sites for hydroxylation is 1. The molecular formula is C17H14ClN5O5S2. The number of nitrogens with one attached hydrogen (secondary N) is 2. The number of hydrogen-bond acceptors (Lipinski definition) is 8. The number of rotatable bonds is 7. The molecule has 3 rings (SSSR count). The summed E-state index contributed by atoms with van der Waals surface area (Å²) in [4.78, 5) is 22.6. The van der Waals surface area contributed by atoms with Gasteiger partial charge in [-0.3, -0.25) is 19.6 Å². The molecule has 156 valence electrons. The van der Waals surface area contributed by atoms with Gasteiger partial charge in [0, 0.05) is 17.8 Å². The summed E-state index contributed by atoms with van der Waals surface area (Å²) in [5, 5.41) is 21.9. The van der Waals surface area contributed by atoms with Crippen molar-refractivity contribution in [1.29, 1.82) is 0 Å². The second-order valence-electron chi connectivity index (χ2n) is 5.86. The molecule has 0 spiro atoms. The maximum absolute atomic E-state index is 12.5. The minimum Gasteiger partial charge on any atom is -0.322 e. The third kappa shape index (κ3) is 4.90. The first kappa shape index (κ1) is 21.6. The molecule has 0 aliphatic rings. The van der Waals surface area contributed by atoms with Crippen molar-refractivity contribution in [2.75, 3.05) is 10.0 Å². The van der Waals surface area contributed by atoms with Gasteiger partial charge >= 0.3 is 0 Å². The zero-order valence-electron chi connectivity index (χ0n) is 15.3. The summed E-state index contributed by atoms with van der Waals surface area (Å²) in [7, 11) is -3.88. The van der Waals surface area contributed by atoms with E-state index in [1.54, 1.807) is 0 Å². The lowest BCUT2D eigenvalue weighted by molar-refractivity contribution is -0.384. The molecule has 2 N–H and O–H groups in total. The van der Waals surface area contributed by atoms with Crippen molar-refractivity contribution < 1.29 is 18.1 Å². The van der Waals surface area contributed by atoms with E-state index in [0.717, 1.165) is 17.4 Å². The highest BCUT2D eigenvalue weighted by Gasteiger charge is 2.18. The second-order valence-corrected chi connectivity index (χ2v) is 9.01. The molecule has 30 heavy (non-hydrogen) atoms. The summed E-state index contributed by atoms with van der Waals surface area (Å²) in [5.74, 6) is -0.668. The first-order valence-electron chi connectivity index (χ1n) is 8.40. The number of amides is 1. The average Bonchev–Trinajstić information content (AvgIpc) is 3.15. The number of carbonyl (C=O) groups is 1. The number of benzene rings is 2. The number of non-ortho nitro benzene ring substituents is 1. The minimum atomic E-state index is -3.88. The Morgan fingerprint density at radius 1 is 1.20 bits per heavy atom. The summed E-state index contributed by atoms with van der Waals surface area (Å²) in [6, 6.07) is 8.88. The highest BCUT2D eigenvalue weighted by Crippen LogP contribution is 2.24. The highest BCUT2D eigenvalue weighted by atomic mass is 35.5. The molecule has 10 nitrogen and oxygen atoms in total. The van der Waals surface area contributed by atoms with Crippen LogP contribution in [0.3, 0.4) is 0 Å². The Kier molecular flexibility index (Phi) is 6.29. The minimum absolute atomic E-state index is 0.0397. The van der Waals surface area contributed by atoms with Crippen molar-refractivity contribution in [2.45, 2.75) is 18.2 Å². The first-order chi connectivity index (χ1) is 14.2. The van der Waals surface area contributed by atoms with Crippen LogP contribution in [0.25, 0.3) is 0 Å². The van der Waals surface area contributed by atoms with Crippen LogP contribution >= 0.6 is 22.9 Å². The molecule has 0 unspecified atom stereocenters. The number of carbonyl (C=O) groups excluding carboxylic acids is 1. The van der Waals surface area contributed by atoms with Gasteiger partial charge in [0.2, 0.25) is 5.13 Å². The van der Waals surface area contributed by atoms with Gasteiger partial charge in [-0.2, -0.15) is 0 Å². The summed E-state index contributed by atoms with van der Waals surface area (Å²) < 4.78 is 27.3. The highest BCUT2D eigenvalue weighted by molar-refractivity contribution is 7.93. The molecular weight excluding hydrogens is 454 g/mol. The van der Waals surface area contributed by atoms with E-state index < -0.39 is 20.9 Å². The lowest BCUT2D eigenvalue weighted by Crippen LogP contribution is -2.14. The number of halogens is 1. The Hall–Kier alpha value is -3.09. The number of nitro benzene ring substituents is 1. The zero-order valence-corrected chi connectivity index (χ0v) is 17.7. The van der Waals surface area contributed by atoms with Crippen molar-refractivity contribution in [3.63, 3.8) is 0 Å². The van der Waals surface area contributed by atoms with Crippen molar-refractivity contribution >= 4 is 55.4 Å². The van der Waals surface area contributed by atoms with Crippen LogP contribution in [-0.4, -0.2) is 29.4 Å². The van der Waals surface area contributed by atoms with E-state index in [1.807, 2.05) is 6.92 Å². The Balaban J connectivity index is 1.75. The van der Waals surface area contributed by atoms with Crippen molar-refractivity contribution in [2.24, 2.45) is 0 Å². The summed E-state index contributed by atoms with van der Waals surface area (Å²) >= 11 is 7.09. The van der Waals surface area contributed by atoms with E-state index in [-0.39, 0.29) is 32.0 Å². The van der Waals surface area contributed by atoms with Crippen LogP contribution in [0.15, 0.2) is 47.4 Å². The normalized spacial score (nSPS) is 11.1. The van der Waals surface area contributed by atoms with Crippen molar-refractivity contribution in [1.82, 2.24) is 10.2 Å². The lowest BCUT2D eigenvalue weighted by atomic mass is 10.2. The Labute approximate surface area is 180 Å². The summed E-state index contributed by atoms with van der Waals surface area (Å²) in [5.41, 5.74) is -0.0714. The molecule has 2 aromatic carbocycles. The number of nitro groups is 1. The Bertz CT molecular complexity index is 1210. The molecule has 1 amide bonds. The Morgan fingerprint density at radius 2 is 1.90 bits per heavy atom. The van der Waals surface area contributed by atoms with Crippen molar-refractivity contribution in [3.05, 3.63) is 68.2 Å². The molecule has 0 radical (unpaired) electrons. The van der Waals surface area contributed by atoms with Gasteiger partial charge < -0.3 is 5.32 Å². The maximum atomic E-state index is 12.5. The molecule has 0 aliphatic heterocycles. The van der Waals surface area contributed by atoms with Gasteiger partial charge in [-0.1, -0.05) is 29.9 Å². The number of anilines is 2. The molecule has 0 fully saturated rings. The third-order valence-corrected chi connectivity index (χ3v) is 6.62. The van der Waals surface area contributed by atoms with Gasteiger partial charge in [-0.05, 0) is 36.8 Å². The predicted octanol–water partition coefficient (Wildman–Crippen LogP) is 3.72. The second kappa shape index (κ2) is 8.73. The number of sulfonamides is 1. The van der Waals surface area contributed by atoms with Crippen molar-refractivity contribution in [3.8, 4) is 0 Å². The summed E-state index contributed by atoms with van der Waals surface area (Å²) in [6.07, 6.45) is 0.641. The Morgan fingerprint density at radius 3 is 2.50 bits per heavy atom. The molecule has 0 atom stereocenters. The maximum Gasteiger partial charge on any atom is 0.270 e. The van der Waals surface area contributed by atoms with Crippen LogP contribution in [0.2, 0.25) is 5.02 Å². The molecule has 13 heteroatoms. The van der Waals surface area contributed by atoms with E-state index in [2.05, 4.69) is 20.2 Å². The summed E-state index contributed by atoms with van der Waals surface area (Å²) in [6.45, 7) is 1.88. The van der Waals surface area contributed by atoms with Gasteiger partial charge in [-0.15, -0.1) is 10.2 Å². The van der Waals surface area contributed by atoms with Gasteiger partial charge in [-0.25, -0.2) is 8.42 Å². The topological polar surface area (TPSA) is 144 Å². The average molecular weight is 468 g/mol. The van der Waals surface area contributed by atoms with Gasteiger partial charge in [0.25, 0.3) is 21.6 Å². The standard InChI is InChI=1S/C17H14ClN5O5S2/c1-2-15-20-21-17(29-15)22-30(27,28)12-6-3-10(4-7-12)19-16(24)13-9-11(23(25)26)5-8-14(13)18/h3-9H,2H2,1H3,(H,19,24)(H,21,22). The van der Waals surface area contributed by atoms with E-state index in [4.69, 9.17) is 11.6 Å². The van der Waals surface area contributed by atoms with Crippen LogP contribution in [0, 0.1) is 10.1 Å². The number of aromatic nitrogens is 2. The fourth-order valence-corrected chi connectivity index (χ4v) is 4.44. The smallest absolute Gasteiger partial charge is 0.270 e. The van der Waals surface area contributed by atoms with E-state index in [0.29, 0.717) is 11.4 Å². The third-order valence-electron chi connectivity index (χ3n) is 3.82. The van der Waals surface area contributed by atoms with E-state index in [1.165, 1.54) is 36.4 Å². The molecule has 1 aromatic heterocycles. The molecule has 3 aromatic rings. The molecule has 0 saturated carbocycles. The molecule has 0 bridgehead atoms. The van der Waals surface area contributed by atoms with Crippen LogP contribution in [0.4, 0.5) is 16.5 Å². The van der Waals surface area contributed by atoms with Gasteiger partial charge in [0.15, 0.2) is 0 Å².